The van der Waals surface area contributed by atoms with Crippen molar-refractivity contribution >= 4 is 21.6 Å². The second-order valence-electron chi connectivity index (χ2n) is 7.28. The number of nitrogens with zero attached hydrogens (tertiary/aromatic N) is 1. The summed E-state index contributed by atoms with van der Waals surface area (Å²) in [4.78, 5) is 14.4. The molecule has 7 heteroatoms. The molecule has 2 aromatic carbocycles. The topological polar surface area (TPSA) is 75.7 Å². The maximum atomic E-state index is 12.7. The second kappa shape index (κ2) is 7.47. The van der Waals surface area contributed by atoms with E-state index >= 15 is 0 Å². The van der Waals surface area contributed by atoms with E-state index in [4.69, 9.17) is 4.74 Å². The Kier molecular flexibility index (Phi) is 5.02. The van der Waals surface area contributed by atoms with Gasteiger partial charge in [0.05, 0.1) is 11.5 Å². The van der Waals surface area contributed by atoms with Crippen molar-refractivity contribution in [1.29, 1.82) is 0 Å². The lowest BCUT2D eigenvalue weighted by Gasteiger charge is -2.29. The van der Waals surface area contributed by atoms with Gasteiger partial charge in [0.15, 0.2) is 0 Å². The molecule has 1 saturated carbocycles. The highest BCUT2D eigenvalue weighted by Crippen LogP contribution is 2.33. The van der Waals surface area contributed by atoms with E-state index in [1.165, 1.54) is 17.7 Å². The quantitative estimate of drug-likeness (QED) is 0.808. The molecule has 0 saturated heterocycles. The highest BCUT2D eigenvalue weighted by molar-refractivity contribution is 7.92. The molecule has 0 spiro atoms. The summed E-state index contributed by atoms with van der Waals surface area (Å²) < 4.78 is 33.4. The summed E-state index contributed by atoms with van der Waals surface area (Å²) in [6.07, 6.45) is 2.79. The van der Waals surface area contributed by atoms with Gasteiger partial charge in [-0.05, 0) is 73.7 Å². The maximum Gasteiger partial charge on any atom is 0.261 e. The number of rotatable bonds is 6. The number of carbonyl (C=O) groups is 1. The number of benzene rings is 2. The number of anilines is 1. The van der Waals surface area contributed by atoms with Crippen LogP contribution in [0.5, 0.6) is 5.75 Å². The summed E-state index contributed by atoms with van der Waals surface area (Å²) >= 11 is 0. The van der Waals surface area contributed by atoms with E-state index in [9.17, 15) is 13.2 Å². The van der Waals surface area contributed by atoms with Crippen LogP contribution < -0.4 is 9.46 Å². The van der Waals surface area contributed by atoms with Gasteiger partial charge >= 0.3 is 0 Å². The summed E-state index contributed by atoms with van der Waals surface area (Å²) in [6.45, 7) is 3.68. The molecule has 1 heterocycles. The third kappa shape index (κ3) is 3.99. The predicted molar refractivity (Wildman–Crippen MR) is 107 cm³/mol. The smallest absolute Gasteiger partial charge is 0.261 e. The molecule has 1 aliphatic carbocycles. The Morgan fingerprint density at radius 1 is 1.14 bits per heavy atom. The SMILES string of the molecule is CCOc1ccc(S(=O)(=O)Nc2ccc3c(c2)CN(C(=O)C2CC2)CC3)cc1. The minimum absolute atomic E-state index is 0.180. The molecule has 6 nitrogen and oxygen atoms in total. The van der Waals surface area contributed by atoms with Crippen LogP contribution in [0.2, 0.25) is 0 Å². The van der Waals surface area contributed by atoms with Gasteiger partial charge in [0.25, 0.3) is 10.0 Å². The molecule has 2 aromatic rings. The number of nitrogens with one attached hydrogen (secondary N) is 1. The van der Waals surface area contributed by atoms with Gasteiger partial charge in [0.1, 0.15) is 5.75 Å². The van der Waals surface area contributed by atoms with Crippen LogP contribution in [-0.2, 0) is 27.8 Å². The van der Waals surface area contributed by atoms with E-state index in [1.54, 1.807) is 18.2 Å². The number of carbonyl (C=O) groups excluding carboxylic acids is 1. The zero-order valence-electron chi connectivity index (χ0n) is 15.8. The molecule has 1 fully saturated rings. The molecule has 0 radical (unpaired) electrons. The summed E-state index contributed by atoms with van der Waals surface area (Å²) in [5, 5.41) is 0. The molecule has 0 unspecified atom stereocenters. The van der Waals surface area contributed by atoms with E-state index in [0.29, 0.717) is 24.6 Å². The highest BCUT2D eigenvalue weighted by atomic mass is 32.2. The molecular weight excluding hydrogens is 376 g/mol. The standard InChI is InChI=1S/C21H24N2O4S/c1-2-27-19-7-9-20(10-8-19)28(25,26)22-18-6-5-15-11-12-23(14-17(15)13-18)21(24)16-3-4-16/h5-10,13,16,22H,2-4,11-12,14H2,1H3. The van der Waals surface area contributed by atoms with Crippen molar-refractivity contribution in [3.05, 3.63) is 53.6 Å². The molecule has 1 amide bonds. The fraction of sp³-hybridized carbons (Fsp3) is 0.381. The Labute approximate surface area is 165 Å². The zero-order valence-corrected chi connectivity index (χ0v) is 16.7. The number of amides is 1. The molecule has 28 heavy (non-hydrogen) atoms. The minimum Gasteiger partial charge on any atom is -0.494 e. The molecule has 0 bridgehead atoms. The maximum absolute atomic E-state index is 12.7. The summed E-state index contributed by atoms with van der Waals surface area (Å²) in [7, 11) is -3.69. The van der Waals surface area contributed by atoms with Crippen LogP contribution in [-0.4, -0.2) is 32.4 Å². The second-order valence-corrected chi connectivity index (χ2v) is 8.96. The Morgan fingerprint density at radius 3 is 2.57 bits per heavy atom. The van der Waals surface area contributed by atoms with E-state index < -0.39 is 10.0 Å². The molecular formula is C21H24N2O4S. The Balaban J connectivity index is 1.50. The van der Waals surface area contributed by atoms with Crippen molar-refractivity contribution in [1.82, 2.24) is 4.90 Å². The lowest BCUT2D eigenvalue weighted by atomic mass is 9.99. The van der Waals surface area contributed by atoms with Crippen LogP contribution in [0.3, 0.4) is 0 Å². The molecule has 4 rings (SSSR count). The van der Waals surface area contributed by atoms with E-state index in [0.717, 1.165) is 31.4 Å². The summed E-state index contributed by atoms with van der Waals surface area (Å²) in [6, 6.07) is 11.9. The predicted octanol–water partition coefficient (Wildman–Crippen LogP) is 3.18. The molecule has 0 aromatic heterocycles. The fourth-order valence-electron chi connectivity index (χ4n) is 3.49. The first kappa shape index (κ1) is 18.8. The van der Waals surface area contributed by atoms with Crippen LogP contribution in [0.4, 0.5) is 5.69 Å². The minimum atomic E-state index is -3.69. The van der Waals surface area contributed by atoms with Crippen molar-refractivity contribution < 1.29 is 17.9 Å². The molecule has 2 aliphatic rings. The third-order valence-electron chi connectivity index (χ3n) is 5.15. The van der Waals surface area contributed by atoms with E-state index in [-0.39, 0.29) is 16.7 Å². The first-order valence-corrected chi connectivity index (χ1v) is 11.1. The Morgan fingerprint density at radius 2 is 1.89 bits per heavy atom. The third-order valence-corrected chi connectivity index (χ3v) is 6.55. The van der Waals surface area contributed by atoms with E-state index in [1.807, 2.05) is 24.0 Å². The van der Waals surface area contributed by atoms with Gasteiger partial charge in [0, 0.05) is 24.7 Å². The van der Waals surface area contributed by atoms with Crippen LogP contribution in [0.1, 0.15) is 30.9 Å². The lowest BCUT2D eigenvalue weighted by Crippen LogP contribution is -2.36. The van der Waals surface area contributed by atoms with Gasteiger partial charge < -0.3 is 9.64 Å². The zero-order chi connectivity index (χ0) is 19.7. The van der Waals surface area contributed by atoms with Crippen molar-refractivity contribution in [3.63, 3.8) is 0 Å². The molecule has 1 N–H and O–H groups in total. The summed E-state index contributed by atoms with van der Waals surface area (Å²) in [5.41, 5.74) is 2.68. The van der Waals surface area contributed by atoms with Gasteiger partial charge in [0.2, 0.25) is 5.91 Å². The number of hydrogen-bond donors (Lipinski definition) is 1. The van der Waals surface area contributed by atoms with Gasteiger partial charge in [-0.3, -0.25) is 9.52 Å². The average Bonchev–Trinajstić information content (AvgIpc) is 3.52. The molecule has 1 aliphatic heterocycles. The van der Waals surface area contributed by atoms with Crippen molar-refractivity contribution in [2.45, 2.75) is 37.6 Å². The fourth-order valence-corrected chi connectivity index (χ4v) is 4.54. The van der Waals surface area contributed by atoms with Gasteiger partial charge in [-0.2, -0.15) is 0 Å². The largest absolute Gasteiger partial charge is 0.494 e. The van der Waals surface area contributed by atoms with E-state index in [2.05, 4.69) is 4.72 Å². The number of ether oxygens (including phenoxy) is 1. The number of hydrogen-bond acceptors (Lipinski definition) is 4. The Bertz CT molecular complexity index is 982. The first-order chi connectivity index (χ1) is 13.5. The molecule has 0 atom stereocenters. The summed E-state index contributed by atoms with van der Waals surface area (Å²) in [5.74, 6) is 1.06. The van der Waals surface area contributed by atoms with Crippen LogP contribution in [0.15, 0.2) is 47.4 Å². The van der Waals surface area contributed by atoms with Gasteiger partial charge in [-0.1, -0.05) is 6.07 Å². The van der Waals surface area contributed by atoms with Crippen molar-refractivity contribution in [2.24, 2.45) is 5.92 Å². The van der Waals surface area contributed by atoms with Gasteiger partial charge in [-0.25, -0.2) is 8.42 Å². The first-order valence-electron chi connectivity index (χ1n) is 9.62. The van der Waals surface area contributed by atoms with Crippen molar-refractivity contribution in [2.75, 3.05) is 17.9 Å². The average molecular weight is 401 g/mol. The number of fused-ring (bicyclic) bond motifs is 1. The normalized spacial score (nSPS) is 16.4. The molecule has 148 valence electrons. The van der Waals surface area contributed by atoms with Crippen LogP contribution >= 0.6 is 0 Å². The van der Waals surface area contributed by atoms with Gasteiger partial charge in [-0.15, -0.1) is 0 Å². The van der Waals surface area contributed by atoms with Crippen LogP contribution in [0.25, 0.3) is 0 Å². The van der Waals surface area contributed by atoms with Crippen LogP contribution in [0, 0.1) is 5.92 Å². The monoisotopic (exact) mass is 400 g/mol. The lowest BCUT2D eigenvalue weighted by molar-refractivity contribution is -0.133. The number of sulfonamides is 1. The highest BCUT2D eigenvalue weighted by Gasteiger charge is 2.34. The Hall–Kier alpha value is -2.54. The van der Waals surface area contributed by atoms with Crippen molar-refractivity contribution in [3.8, 4) is 5.75 Å².